The summed E-state index contributed by atoms with van der Waals surface area (Å²) in [6.07, 6.45) is 4.95. The van der Waals surface area contributed by atoms with Crippen LogP contribution in [0.25, 0.3) is 0 Å². The number of hydrogen-bond acceptors (Lipinski definition) is 3. The topological polar surface area (TPSA) is 49.5 Å². The number of aryl methyl sites for hydroxylation is 1. The van der Waals surface area contributed by atoms with Crippen LogP contribution in [0.3, 0.4) is 0 Å². The van der Waals surface area contributed by atoms with Crippen molar-refractivity contribution in [3.8, 4) is 0 Å². The number of likely N-dealkylation sites (tertiary alicyclic amines) is 1. The number of piperidine rings is 1. The molecule has 3 heteroatoms. The summed E-state index contributed by atoms with van der Waals surface area (Å²) in [5.74, 6) is 0. The van der Waals surface area contributed by atoms with E-state index in [1.165, 1.54) is 11.1 Å². The van der Waals surface area contributed by atoms with Gasteiger partial charge in [-0.25, -0.2) is 0 Å². The van der Waals surface area contributed by atoms with Crippen molar-refractivity contribution in [3.05, 3.63) is 35.4 Å². The summed E-state index contributed by atoms with van der Waals surface area (Å²) in [5, 5.41) is 11.5. The van der Waals surface area contributed by atoms with E-state index in [1.807, 2.05) is 0 Å². The smallest absolute Gasteiger partial charge is 0.0780 e. The van der Waals surface area contributed by atoms with Crippen molar-refractivity contribution in [2.75, 3.05) is 26.2 Å². The maximum Gasteiger partial charge on any atom is 0.0780 e. The number of aliphatic hydroxyl groups is 1. The third kappa shape index (κ3) is 2.32. The molecule has 3 nitrogen and oxygen atoms in total. The van der Waals surface area contributed by atoms with Crippen LogP contribution >= 0.6 is 0 Å². The quantitative estimate of drug-likeness (QED) is 0.895. The van der Waals surface area contributed by atoms with Gasteiger partial charge in [-0.15, -0.1) is 0 Å². The highest BCUT2D eigenvalue weighted by Gasteiger charge is 2.52. The van der Waals surface area contributed by atoms with Crippen molar-refractivity contribution >= 4 is 0 Å². The van der Waals surface area contributed by atoms with E-state index in [0.717, 1.165) is 51.7 Å². The van der Waals surface area contributed by atoms with Crippen LogP contribution in [0.4, 0.5) is 0 Å². The van der Waals surface area contributed by atoms with Gasteiger partial charge in [-0.2, -0.15) is 0 Å². The molecule has 0 aromatic heterocycles. The monoisotopic (exact) mass is 288 g/mol. The van der Waals surface area contributed by atoms with Crippen LogP contribution in [-0.4, -0.2) is 41.8 Å². The molecule has 1 saturated heterocycles. The number of fused-ring (bicyclic) bond motifs is 1. The number of benzene rings is 1. The summed E-state index contributed by atoms with van der Waals surface area (Å²) in [7, 11) is 0. The van der Waals surface area contributed by atoms with Gasteiger partial charge >= 0.3 is 0 Å². The van der Waals surface area contributed by atoms with Gasteiger partial charge in [0.05, 0.1) is 5.60 Å². The lowest BCUT2D eigenvalue weighted by atomic mass is 9.58. The molecule has 0 amide bonds. The first kappa shape index (κ1) is 15.0. The Morgan fingerprint density at radius 2 is 1.90 bits per heavy atom. The van der Waals surface area contributed by atoms with Gasteiger partial charge in [-0.1, -0.05) is 31.2 Å². The normalized spacial score (nSPS) is 29.1. The van der Waals surface area contributed by atoms with Crippen LogP contribution in [0.2, 0.25) is 0 Å². The molecule has 3 rings (SSSR count). The molecule has 1 aliphatic carbocycles. The van der Waals surface area contributed by atoms with Crippen LogP contribution in [0.1, 0.15) is 43.7 Å². The first-order valence-corrected chi connectivity index (χ1v) is 8.38. The highest BCUT2D eigenvalue weighted by atomic mass is 16.3. The van der Waals surface area contributed by atoms with E-state index in [2.05, 4.69) is 36.1 Å². The molecule has 116 valence electrons. The molecule has 1 heterocycles. The summed E-state index contributed by atoms with van der Waals surface area (Å²) in [6.45, 7) is 5.78. The molecule has 0 bridgehead atoms. The van der Waals surface area contributed by atoms with E-state index >= 15 is 0 Å². The molecule has 21 heavy (non-hydrogen) atoms. The van der Waals surface area contributed by atoms with Gasteiger partial charge in [-0.05, 0) is 49.8 Å². The Morgan fingerprint density at radius 1 is 1.19 bits per heavy atom. The van der Waals surface area contributed by atoms with Gasteiger partial charge in [0, 0.05) is 25.0 Å². The average Bonchev–Trinajstić information content (AvgIpc) is 2.55. The lowest BCUT2D eigenvalue weighted by molar-refractivity contribution is -0.0870. The minimum atomic E-state index is -0.649. The second-order valence-corrected chi connectivity index (χ2v) is 6.76. The van der Waals surface area contributed by atoms with Crippen molar-refractivity contribution in [1.82, 2.24) is 4.90 Å². The highest BCUT2D eigenvalue weighted by Crippen LogP contribution is 2.48. The van der Waals surface area contributed by atoms with E-state index in [-0.39, 0.29) is 5.41 Å². The Morgan fingerprint density at radius 3 is 2.57 bits per heavy atom. The largest absolute Gasteiger partial charge is 0.389 e. The summed E-state index contributed by atoms with van der Waals surface area (Å²) < 4.78 is 0. The van der Waals surface area contributed by atoms with Gasteiger partial charge in [0.25, 0.3) is 0 Å². The summed E-state index contributed by atoms with van der Waals surface area (Å²) in [5.41, 5.74) is 8.07. The van der Waals surface area contributed by atoms with Crippen molar-refractivity contribution in [1.29, 1.82) is 0 Å². The van der Waals surface area contributed by atoms with E-state index in [4.69, 9.17) is 5.73 Å². The summed E-state index contributed by atoms with van der Waals surface area (Å²) >= 11 is 0. The lowest BCUT2D eigenvalue weighted by Gasteiger charge is -2.53. The van der Waals surface area contributed by atoms with Crippen molar-refractivity contribution < 1.29 is 5.11 Å². The Hall–Kier alpha value is -0.900. The Balaban J connectivity index is 1.98. The van der Waals surface area contributed by atoms with E-state index in [1.54, 1.807) is 0 Å². The molecule has 0 saturated carbocycles. The zero-order valence-electron chi connectivity index (χ0n) is 13.1. The molecular weight excluding hydrogens is 260 g/mol. The standard InChI is InChI=1S/C18H28N2O/c1-2-20-12-10-18(21,11-13-20)17(14-19)9-5-7-15-6-3-4-8-16(15)17/h3-4,6,8,21H,2,5,7,9-14,19H2,1H3. The fraction of sp³-hybridized carbons (Fsp3) is 0.667. The minimum Gasteiger partial charge on any atom is -0.389 e. The van der Waals surface area contributed by atoms with Gasteiger partial charge < -0.3 is 15.7 Å². The van der Waals surface area contributed by atoms with Crippen LogP contribution in [-0.2, 0) is 11.8 Å². The number of nitrogens with two attached hydrogens (primary N) is 1. The fourth-order valence-electron chi connectivity index (χ4n) is 4.52. The zero-order chi connectivity index (χ0) is 14.9. The van der Waals surface area contributed by atoms with Crippen LogP contribution < -0.4 is 5.73 Å². The summed E-state index contributed by atoms with van der Waals surface area (Å²) in [4.78, 5) is 2.42. The molecule has 0 radical (unpaired) electrons. The fourth-order valence-corrected chi connectivity index (χ4v) is 4.52. The van der Waals surface area contributed by atoms with Gasteiger partial charge in [0.15, 0.2) is 0 Å². The predicted octanol–water partition coefficient (Wildman–Crippen LogP) is 2.07. The molecule has 3 N–H and O–H groups in total. The molecule has 1 aliphatic heterocycles. The van der Waals surface area contributed by atoms with E-state index < -0.39 is 5.60 Å². The average molecular weight is 288 g/mol. The number of rotatable bonds is 3. The summed E-state index contributed by atoms with van der Waals surface area (Å²) in [6, 6.07) is 8.61. The predicted molar refractivity (Wildman–Crippen MR) is 86.4 cm³/mol. The van der Waals surface area contributed by atoms with Crippen LogP contribution in [0.5, 0.6) is 0 Å². The molecule has 1 fully saturated rings. The van der Waals surface area contributed by atoms with Crippen LogP contribution in [0, 0.1) is 0 Å². The molecule has 2 aliphatic rings. The molecule has 1 aromatic carbocycles. The zero-order valence-corrected chi connectivity index (χ0v) is 13.1. The third-order valence-corrected chi connectivity index (χ3v) is 5.95. The SMILES string of the molecule is CCN1CCC(O)(C2(CN)CCCc3ccccc32)CC1. The third-order valence-electron chi connectivity index (χ3n) is 5.95. The van der Waals surface area contributed by atoms with Crippen molar-refractivity contribution in [2.24, 2.45) is 5.73 Å². The van der Waals surface area contributed by atoms with E-state index in [0.29, 0.717) is 6.54 Å². The van der Waals surface area contributed by atoms with Gasteiger partial charge in [0.1, 0.15) is 0 Å². The first-order chi connectivity index (χ1) is 10.1. The molecular formula is C18H28N2O. The number of nitrogens with zero attached hydrogens (tertiary/aromatic N) is 1. The maximum absolute atomic E-state index is 11.5. The van der Waals surface area contributed by atoms with Gasteiger partial charge in [0.2, 0.25) is 0 Å². The Kier molecular flexibility index (Phi) is 4.08. The Bertz CT molecular complexity index is 494. The minimum absolute atomic E-state index is 0.248. The lowest BCUT2D eigenvalue weighted by Crippen LogP contribution is -2.61. The second-order valence-electron chi connectivity index (χ2n) is 6.76. The first-order valence-electron chi connectivity index (χ1n) is 8.38. The van der Waals surface area contributed by atoms with Gasteiger partial charge in [-0.3, -0.25) is 0 Å². The van der Waals surface area contributed by atoms with Crippen molar-refractivity contribution in [2.45, 2.75) is 50.0 Å². The van der Waals surface area contributed by atoms with Crippen molar-refractivity contribution in [3.63, 3.8) is 0 Å². The molecule has 1 aromatic rings. The maximum atomic E-state index is 11.5. The second kappa shape index (κ2) is 5.71. The van der Waals surface area contributed by atoms with Crippen LogP contribution in [0.15, 0.2) is 24.3 Å². The number of hydrogen-bond donors (Lipinski definition) is 2. The highest BCUT2D eigenvalue weighted by molar-refractivity contribution is 5.40. The Labute approximate surface area is 128 Å². The van der Waals surface area contributed by atoms with E-state index in [9.17, 15) is 5.11 Å². The molecule has 1 unspecified atom stereocenters. The molecule has 0 spiro atoms. The molecule has 1 atom stereocenters.